The highest BCUT2D eigenvalue weighted by Gasteiger charge is 2.34. The van der Waals surface area contributed by atoms with Crippen molar-refractivity contribution in [2.24, 2.45) is 4.99 Å². The molecule has 2 aromatic carbocycles. The fraction of sp³-hybridized carbons (Fsp3) is 0.0870. The van der Waals surface area contributed by atoms with E-state index in [2.05, 4.69) is 27.5 Å². The molecular weight excluding hydrogens is 478 g/mol. The van der Waals surface area contributed by atoms with Gasteiger partial charge in [0.25, 0.3) is 5.91 Å². The molecule has 30 heavy (non-hydrogen) atoms. The van der Waals surface area contributed by atoms with Crippen LogP contribution in [0.3, 0.4) is 0 Å². The van der Waals surface area contributed by atoms with Gasteiger partial charge in [0.1, 0.15) is 0 Å². The van der Waals surface area contributed by atoms with Crippen LogP contribution in [0.25, 0.3) is 16.8 Å². The van der Waals surface area contributed by atoms with Gasteiger partial charge in [0.2, 0.25) is 5.13 Å². The van der Waals surface area contributed by atoms with Gasteiger partial charge in [0, 0.05) is 22.0 Å². The van der Waals surface area contributed by atoms with Gasteiger partial charge in [-0.25, -0.2) is 4.98 Å². The number of carbonyl (C=O) groups excluding carboxylic acids is 1. The summed E-state index contributed by atoms with van der Waals surface area (Å²) in [6.07, 6.45) is 1.71. The lowest BCUT2D eigenvalue weighted by Crippen LogP contribution is -2.29. The summed E-state index contributed by atoms with van der Waals surface area (Å²) >= 11 is 6.30. The SMILES string of the molecule is C=CCN1C(=O)/C(=C(\C)c2ccc(Br)cc2)S/C1=N/c1nc(-c2ccccc2)cs1. The summed E-state index contributed by atoms with van der Waals surface area (Å²) in [5.74, 6) is -0.0566. The Hall–Kier alpha value is -2.48. The van der Waals surface area contributed by atoms with Gasteiger partial charge in [-0.2, -0.15) is 4.99 Å². The van der Waals surface area contributed by atoms with E-state index in [0.717, 1.165) is 26.9 Å². The number of thioether (sulfide) groups is 1. The number of carbonyl (C=O) groups is 1. The molecule has 0 radical (unpaired) electrons. The zero-order chi connectivity index (χ0) is 21.1. The van der Waals surface area contributed by atoms with E-state index in [1.54, 1.807) is 11.0 Å². The Balaban J connectivity index is 1.68. The highest BCUT2D eigenvalue weighted by Crippen LogP contribution is 2.38. The minimum atomic E-state index is -0.0566. The molecule has 0 saturated carbocycles. The summed E-state index contributed by atoms with van der Waals surface area (Å²) in [5.41, 5.74) is 3.87. The molecule has 0 N–H and O–H groups in total. The Bertz CT molecular complexity index is 1150. The average Bonchev–Trinajstić information content (AvgIpc) is 3.35. The predicted molar refractivity (Wildman–Crippen MR) is 131 cm³/mol. The smallest absolute Gasteiger partial charge is 0.267 e. The minimum Gasteiger partial charge on any atom is -0.282 e. The third-order valence-electron chi connectivity index (χ3n) is 4.55. The van der Waals surface area contributed by atoms with E-state index < -0.39 is 0 Å². The molecule has 1 aromatic heterocycles. The van der Waals surface area contributed by atoms with Crippen molar-refractivity contribution in [3.8, 4) is 11.3 Å². The van der Waals surface area contributed by atoms with Gasteiger partial charge in [-0.1, -0.05) is 64.5 Å². The highest BCUT2D eigenvalue weighted by atomic mass is 79.9. The van der Waals surface area contributed by atoms with Crippen molar-refractivity contribution in [1.82, 2.24) is 9.88 Å². The molecule has 1 aliphatic heterocycles. The van der Waals surface area contributed by atoms with Gasteiger partial charge in [0.05, 0.1) is 10.6 Å². The van der Waals surface area contributed by atoms with Crippen LogP contribution in [-0.4, -0.2) is 27.5 Å². The number of allylic oxidation sites excluding steroid dienone is 1. The standard InChI is InChI=1S/C23H18BrN3OS2/c1-3-13-27-21(28)20(15(2)16-9-11-18(24)12-10-16)30-23(27)26-22-25-19(14-29-22)17-7-5-4-6-8-17/h3-12,14H,1,13H2,2H3/b20-15-,26-23+. The Morgan fingerprint density at radius 2 is 1.93 bits per heavy atom. The molecule has 0 unspecified atom stereocenters. The van der Waals surface area contributed by atoms with Crippen LogP contribution in [0.4, 0.5) is 5.13 Å². The van der Waals surface area contributed by atoms with E-state index in [9.17, 15) is 4.79 Å². The van der Waals surface area contributed by atoms with Crippen LogP contribution in [0.5, 0.6) is 0 Å². The molecule has 1 amide bonds. The molecule has 1 fully saturated rings. The third-order valence-corrected chi connectivity index (χ3v) is 6.99. The maximum Gasteiger partial charge on any atom is 0.267 e. The molecule has 4 rings (SSSR count). The lowest BCUT2D eigenvalue weighted by atomic mass is 10.1. The van der Waals surface area contributed by atoms with E-state index in [4.69, 9.17) is 4.99 Å². The Labute approximate surface area is 192 Å². The van der Waals surface area contributed by atoms with Crippen LogP contribution in [0, 0.1) is 0 Å². The first-order valence-corrected chi connectivity index (χ1v) is 11.7. The molecule has 0 bridgehead atoms. The highest BCUT2D eigenvalue weighted by molar-refractivity contribution is 9.10. The Kier molecular flexibility index (Phi) is 6.32. The number of aromatic nitrogens is 1. The number of halogens is 1. The molecule has 3 aromatic rings. The van der Waals surface area contributed by atoms with E-state index >= 15 is 0 Å². The van der Waals surface area contributed by atoms with E-state index in [1.807, 2.05) is 66.9 Å². The molecule has 0 spiro atoms. The lowest BCUT2D eigenvalue weighted by molar-refractivity contribution is -0.121. The second kappa shape index (κ2) is 9.12. The van der Waals surface area contributed by atoms with Gasteiger partial charge < -0.3 is 0 Å². The van der Waals surface area contributed by atoms with Crippen molar-refractivity contribution in [2.45, 2.75) is 6.92 Å². The van der Waals surface area contributed by atoms with Crippen LogP contribution in [0.2, 0.25) is 0 Å². The first-order chi connectivity index (χ1) is 14.6. The summed E-state index contributed by atoms with van der Waals surface area (Å²) < 4.78 is 1.00. The van der Waals surface area contributed by atoms with Crippen LogP contribution in [0.15, 0.2) is 87.0 Å². The molecule has 0 atom stereocenters. The Morgan fingerprint density at radius 1 is 1.20 bits per heavy atom. The topological polar surface area (TPSA) is 45.6 Å². The summed E-state index contributed by atoms with van der Waals surface area (Å²) in [7, 11) is 0. The summed E-state index contributed by atoms with van der Waals surface area (Å²) in [6.45, 7) is 6.16. The first kappa shape index (κ1) is 20.8. The number of nitrogens with zero attached hydrogens (tertiary/aromatic N) is 3. The van der Waals surface area contributed by atoms with Crippen molar-refractivity contribution < 1.29 is 4.79 Å². The molecule has 1 saturated heterocycles. The maximum absolute atomic E-state index is 13.1. The molecule has 7 heteroatoms. The quantitative estimate of drug-likeness (QED) is 0.290. The van der Waals surface area contributed by atoms with Gasteiger partial charge in [-0.15, -0.1) is 17.9 Å². The predicted octanol–water partition coefficient (Wildman–Crippen LogP) is 6.75. The molecule has 150 valence electrons. The second-order valence-electron chi connectivity index (χ2n) is 6.54. The summed E-state index contributed by atoms with van der Waals surface area (Å²) in [5, 5.41) is 3.23. The number of hydrogen-bond acceptors (Lipinski definition) is 5. The lowest BCUT2D eigenvalue weighted by Gasteiger charge is -2.12. The number of aliphatic imine (C=N–C) groups is 1. The number of amides is 1. The number of amidine groups is 1. The minimum absolute atomic E-state index is 0.0566. The normalized spacial score (nSPS) is 16.9. The molecule has 4 nitrogen and oxygen atoms in total. The zero-order valence-electron chi connectivity index (χ0n) is 16.2. The van der Waals surface area contributed by atoms with E-state index in [1.165, 1.54) is 23.1 Å². The maximum atomic E-state index is 13.1. The first-order valence-electron chi connectivity index (χ1n) is 9.24. The number of hydrogen-bond donors (Lipinski definition) is 0. The fourth-order valence-electron chi connectivity index (χ4n) is 2.98. The van der Waals surface area contributed by atoms with Crippen molar-refractivity contribution in [3.63, 3.8) is 0 Å². The number of thiazole rings is 1. The average molecular weight is 496 g/mol. The van der Waals surface area contributed by atoms with Gasteiger partial charge in [0.15, 0.2) is 5.17 Å². The van der Waals surface area contributed by atoms with E-state index in [0.29, 0.717) is 21.7 Å². The molecule has 0 aliphatic carbocycles. The van der Waals surface area contributed by atoms with Crippen LogP contribution < -0.4 is 0 Å². The van der Waals surface area contributed by atoms with Crippen LogP contribution >= 0.6 is 39.0 Å². The molecule has 1 aliphatic rings. The Morgan fingerprint density at radius 3 is 2.63 bits per heavy atom. The van der Waals surface area contributed by atoms with Crippen molar-refractivity contribution in [1.29, 1.82) is 0 Å². The van der Waals surface area contributed by atoms with Gasteiger partial charge in [-0.3, -0.25) is 9.69 Å². The van der Waals surface area contributed by atoms with E-state index in [-0.39, 0.29) is 5.91 Å². The number of rotatable bonds is 5. The zero-order valence-corrected chi connectivity index (χ0v) is 19.4. The summed E-state index contributed by atoms with van der Waals surface area (Å²) in [4.78, 5) is 24.8. The summed E-state index contributed by atoms with van der Waals surface area (Å²) in [6, 6.07) is 17.9. The van der Waals surface area contributed by atoms with Crippen molar-refractivity contribution >= 4 is 60.8 Å². The fourth-order valence-corrected chi connectivity index (χ4v) is 5.05. The monoisotopic (exact) mass is 495 g/mol. The largest absolute Gasteiger partial charge is 0.282 e. The third kappa shape index (κ3) is 4.33. The van der Waals surface area contributed by atoms with Crippen LogP contribution in [0.1, 0.15) is 12.5 Å². The van der Waals surface area contributed by atoms with Gasteiger partial charge >= 0.3 is 0 Å². The molecule has 2 heterocycles. The second-order valence-corrected chi connectivity index (χ2v) is 9.27. The molecular formula is C23H18BrN3OS2. The van der Waals surface area contributed by atoms with Crippen molar-refractivity contribution in [3.05, 3.63) is 87.6 Å². The number of benzene rings is 2. The van der Waals surface area contributed by atoms with Crippen LogP contribution in [-0.2, 0) is 4.79 Å². The van der Waals surface area contributed by atoms with Gasteiger partial charge in [-0.05, 0) is 42.0 Å². The van der Waals surface area contributed by atoms with Crippen molar-refractivity contribution in [2.75, 3.05) is 6.54 Å².